The van der Waals surface area contributed by atoms with E-state index < -0.39 is 29.5 Å². The lowest BCUT2D eigenvalue weighted by molar-refractivity contribution is -0.146. The Morgan fingerprint density at radius 2 is 2.18 bits per heavy atom. The van der Waals surface area contributed by atoms with E-state index in [1.54, 1.807) is 43.3 Å². The molecule has 1 amide bonds. The van der Waals surface area contributed by atoms with Crippen LogP contribution in [-0.4, -0.2) is 35.8 Å². The number of ether oxygens (including phenoxy) is 2. The molecule has 2 aliphatic heterocycles. The van der Waals surface area contributed by atoms with Crippen molar-refractivity contribution in [3.05, 3.63) is 36.4 Å². The first-order valence-electron chi connectivity index (χ1n) is 6.99. The number of hydrogen-bond donors (Lipinski definition) is 2. The van der Waals surface area contributed by atoms with Crippen molar-refractivity contribution < 1.29 is 24.2 Å². The number of aliphatic carboxylic acids is 1. The summed E-state index contributed by atoms with van der Waals surface area (Å²) in [6, 6.07) is 6.92. The summed E-state index contributed by atoms with van der Waals surface area (Å²) in [5.74, 6) is -2.42. The van der Waals surface area contributed by atoms with Crippen LogP contribution in [-0.2, 0) is 14.3 Å². The molecule has 0 unspecified atom stereocenters. The molecule has 1 aromatic rings. The molecule has 4 atom stereocenters. The molecule has 1 fully saturated rings. The van der Waals surface area contributed by atoms with Gasteiger partial charge in [0.1, 0.15) is 11.7 Å². The lowest BCUT2D eigenvalue weighted by Gasteiger charge is -2.27. The van der Waals surface area contributed by atoms with Crippen LogP contribution in [0.3, 0.4) is 0 Å². The highest BCUT2D eigenvalue weighted by atomic mass is 16.5. The summed E-state index contributed by atoms with van der Waals surface area (Å²) < 4.78 is 10.8. The molecule has 22 heavy (non-hydrogen) atoms. The number of hydrogen-bond acceptors (Lipinski definition) is 4. The van der Waals surface area contributed by atoms with Crippen molar-refractivity contribution in [3.63, 3.8) is 0 Å². The average molecular weight is 303 g/mol. The van der Waals surface area contributed by atoms with E-state index in [2.05, 4.69) is 5.32 Å². The fourth-order valence-corrected chi connectivity index (χ4v) is 3.20. The van der Waals surface area contributed by atoms with Crippen LogP contribution < -0.4 is 10.1 Å². The van der Waals surface area contributed by atoms with E-state index in [0.29, 0.717) is 11.4 Å². The predicted octanol–water partition coefficient (Wildman–Crippen LogP) is 1.68. The highest BCUT2D eigenvalue weighted by Crippen LogP contribution is 2.47. The Bertz CT molecular complexity index is 656. The van der Waals surface area contributed by atoms with Gasteiger partial charge < -0.3 is 19.9 Å². The third-order valence-corrected chi connectivity index (χ3v) is 4.24. The van der Waals surface area contributed by atoms with Gasteiger partial charge in [-0.1, -0.05) is 18.2 Å². The molecule has 6 heteroatoms. The van der Waals surface area contributed by atoms with Crippen molar-refractivity contribution in [2.24, 2.45) is 11.8 Å². The smallest absolute Gasteiger partial charge is 0.310 e. The van der Waals surface area contributed by atoms with Crippen LogP contribution in [0.25, 0.3) is 0 Å². The number of nitrogens with one attached hydrogen (secondary N) is 1. The third kappa shape index (κ3) is 2.25. The van der Waals surface area contributed by atoms with Gasteiger partial charge in [-0.25, -0.2) is 0 Å². The molecule has 0 spiro atoms. The van der Waals surface area contributed by atoms with Crippen LogP contribution in [0.4, 0.5) is 5.69 Å². The maximum Gasteiger partial charge on any atom is 0.310 e. The Morgan fingerprint density at radius 1 is 1.41 bits per heavy atom. The zero-order chi connectivity index (χ0) is 15.9. The van der Waals surface area contributed by atoms with Gasteiger partial charge in [-0.3, -0.25) is 9.59 Å². The topological polar surface area (TPSA) is 84.9 Å². The lowest BCUT2D eigenvalue weighted by Crippen LogP contribution is -2.44. The molecule has 0 aromatic heterocycles. The van der Waals surface area contributed by atoms with E-state index in [-0.39, 0.29) is 5.91 Å². The minimum atomic E-state index is -1.02. The number of methoxy groups -OCH3 is 1. The van der Waals surface area contributed by atoms with Crippen molar-refractivity contribution in [1.29, 1.82) is 0 Å². The summed E-state index contributed by atoms with van der Waals surface area (Å²) in [5, 5.41) is 12.2. The van der Waals surface area contributed by atoms with Crippen LogP contribution in [0.2, 0.25) is 0 Å². The van der Waals surface area contributed by atoms with Crippen LogP contribution >= 0.6 is 0 Å². The lowest BCUT2D eigenvalue weighted by atomic mass is 9.75. The van der Waals surface area contributed by atoms with Crippen molar-refractivity contribution in [2.75, 3.05) is 12.4 Å². The van der Waals surface area contributed by atoms with E-state index in [0.717, 1.165) is 0 Å². The van der Waals surface area contributed by atoms with Crippen LogP contribution in [0.15, 0.2) is 36.4 Å². The standard InChI is InChI=1S/C16H17NO5/c1-16-7-6-11(22-16)12(15(19)20)13(16)14(18)17-9-4-3-5-10(8-9)21-2/h3-8,11-13H,1-2H3,(H,17,18)(H,19,20)/t11-,12+,13+,16-/m1/s1. The Kier molecular flexibility index (Phi) is 3.41. The second-order valence-corrected chi connectivity index (χ2v) is 5.69. The number of carboxylic acid groups (broad SMARTS) is 1. The summed E-state index contributed by atoms with van der Waals surface area (Å²) in [4.78, 5) is 24.1. The average Bonchev–Trinajstić information content (AvgIpc) is 3.00. The van der Waals surface area contributed by atoms with Crippen molar-refractivity contribution in [3.8, 4) is 5.75 Å². The molecule has 0 saturated carbocycles. The van der Waals surface area contributed by atoms with Gasteiger partial charge in [-0.05, 0) is 19.1 Å². The monoisotopic (exact) mass is 303 g/mol. The number of carbonyl (C=O) groups is 2. The predicted molar refractivity (Wildman–Crippen MR) is 78.7 cm³/mol. The molecule has 1 saturated heterocycles. The molecule has 1 aromatic carbocycles. The third-order valence-electron chi connectivity index (χ3n) is 4.24. The maximum atomic E-state index is 12.6. The Morgan fingerprint density at radius 3 is 2.86 bits per heavy atom. The van der Waals surface area contributed by atoms with Gasteiger partial charge in [0.25, 0.3) is 0 Å². The van der Waals surface area contributed by atoms with Crippen molar-refractivity contribution >= 4 is 17.6 Å². The summed E-state index contributed by atoms with van der Waals surface area (Å²) >= 11 is 0. The number of carboxylic acids is 1. The minimum Gasteiger partial charge on any atom is -0.497 e. The van der Waals surface area contributed by atoms with Gasteiger partial charge in [0.2, 0.25) is 5.91 Å². The zero-order valence-corrected chi connectivity index (χ0v) is 12.3. The number of benzene rings is 1. The first-order valence-corrected chi connectivity index (χ1v) is 6.99. The number of amides is 1. The van der Waals surface area contributed by atoms with E-state index in [1.807, 2.05) is 0 Å². The number of fused-ring (bicyclic) bond motifs is 2. The second-order valence-electron chi connectivity index (χ2n) is 5.69. The zero-order valence-electron chi connectivity index (χ0n) is 12.3. The fraction of sp³-hybridized carbons (Fsp3) is 0.375. The summed E-state index contributed by atoms with van der Waals surface area (Å²) in [5.41, 5.74) is -0.319. The van der Waals surface area contributed by atoms with Crippen molar-refractivity contribution in [2.45, 2.75) is 18.6 Å². The molecule has 0 radical (unpaired) electrons. The normalized spacial score (nSPS) is 32.0. The summed E-state index contributed by atoms with van der Waals surface area (Å²) in [7, 11) is 1.54. The number of carbonyl (C=O) groups excluding carboxylic acids is 1. The largest absolute Gasteiger partial charge is 0.497 e. The first-order chi connectivity index (χ1) is 10.4. The van der Waals surface area contributed by atoms with E-state index in [9.17, 15) is 14.7 Å². The molecule has 6 nitrogen and oxygen atoms in total. The Balaban J connectivity index is 1.84. The van der Waals surface area contributed by atoms with Crippen LogP contribution in [0.1, 0.15) is 6.92 Å². The highest BCUT2D eigenvalue weighted by molar-refractivity contribution is 5.97. The molecule has 0 aliphatic carbocycles. The van der Waals surface area contributed by atoms with Gasteiger partial charge >= 0.3 is 5.97 Å². The molecule has 2 aliphatic rings. The molecule has 116 valence electrons. The Labute approximate surface area is 127 Å². The minimum absolute atomic E-state index is 0.366. The molecule has 2 N–H and O–H groups in total. The van der Waals surface area contributed by atoms with Gasteiger partial charge in [-0.15, -0.1) is 0 Å². The van der Waals surface area contributed by atoms with E-state index in [4.69, 9.17) is 9.47 Å². The quantitative estimate of drug-likeness (QED) is 0.827. The summed E-state index contributed by atoms with van der Waals surface area (Å²) in [6.07, 6.45) is 2.93. The van der Waals surface area contributed by atoms with Crippen molar-refractivity contribution in [1.82, 2.24) is 0 Å². The summed E-state index contributed by atoms with van der Waals surface area (Å²) in [6.45, 7) is 1.74. The van der Waals surface area contributed by atoms with Crippen LogP contribution in [0, 0.1) is 11.8 Å². The van der Waals surface area contributed by atoms with Crippen LogP contribution in [0.5, 0.6) is 5.75 Å². The molecule has 2 bridgehead atoms. The Hall–Kier alpha value is -2.34. The van der Waals surface area contributed by atoms with E-state index in [1.165, 1.54) is 7.11 Å². The molecular formula is C16H17NO5. The number of anilines is 1. The molecule has 2 heterocycles. The maximum absolute atomic E-state index is 12.6. The first kappa shape index (κ1) is 14.6. The van der Waals surface area contributed by atoms with Gasteiger partial charge in [0.15, 0.2) is 0 Å². The SMILES string of the molecule is COc1cccc(NC(=O)[C@@H]2[C@@H](C(=O)O)[C@H]3C=C[C@@]2(C)O3)c1. The number of rotatable bonds is 4. The molecular weight excluding hydrogens is 286 g/mol. The van der Waals surface area contributed by atoms with E-state index >= 15 is 0 Å². The van der Waals surface area contributed by atoms with Gasteiger partial charge in [-0.2, -0.15) is 0 Å². The highest BCUT2D eigenvalue weighted by Gasteiger charge is 2.59. The second kappa shape index (κ2) is 5.14. The van der Waals surface area contributed by atoms with Gasteiger partial charge in [0, 0.05) is 11.8 Å². The fourth-order valence-electron chi connectivity index (χ4n) is 3.20. The molecule has 3 rings (SSSR count). The van der Waals surface area contributed by atoms with Gasteiger partial charge in [0.05, 0.1) is 24.7 Å².